The number of aliphatic hydroxyl groups excluding tert-OH is 1. The van der Waals surface area contributed by atoms with Gasteiger partial charge in [0.05, 0.1) is 22.4 Å². The van der Waals surface area contributed by atoms with E-state index in [4.69, 9.17) is 31.0 Å². The van der Waals surface area contributed by atoms with E-state index in [2.05, 4.69) is 20.1 Å². The summed E-state index contributed by atoms with van der Waals surface area (Å²) in [5.74, 6) is 0.710. The number of imidazole rings is 1. The summed E-state index contributed by atoms with van der Waals surface area (Å²) >= 11 is 0. The number of hydrogen-bond donors (Lipinski definition) is 2. The topological polar surface area (TPSA) is 192 Å². The van der Waals surface area contributed by atoms with Crippen LogP contribution in [-0.2, 0) is 37.3 Å². The number of hydrogen-bond acceptors (Lipinski definition) is 11. The van der Waals surface area contributed by atoms with Crippen LogP contribution in [0.5, 0.6) is 0 Å². The van der Waals surface area contributed by atoms with Gasteiger partial charge in [-0.1, -0.05) is 18.2 Å². The van der Waals surface area contributed by atoms with Gasteiger partial charge >= 0.3 is 28.1 Å². The quantitative estimate of drug-likeness (QED) is 0.106. The van der Waals surface area contributed by atoms with Crippen LogP contribution in [0, 0.1) is 0 Å². The van der Waals surface area contributed by atoms with Crippen molar-refractivity contribution in [3.05, 3.63) is 54.4 Å². The summed E-state index contributed by atoms with van der Waals surface area (Å²) in [4.78, 5) is 12.0. The summed E-state index contributed by atoms with van der Waals surface area (Å²) in [6.07, 6.45) is 1.76. The van der Waals surface area contributed by atoms with Crippen molar-refractivity contribution in [3.63, 3.8) is 0 Å². The second-order valence-electron chi connectivity index (χ2n) is 6.30. The third-order valence-corrected chi connectivity index (χ3v) is 4.72. The van der Waals surface area contributed by atoms with Gasteiger partial charge < -0.3 is 19.2 Å². The normalized spacial score (nSPS) is 11.9. The Bertz CT molecular complexity index is 1330. The Hall–Kier alpha value is -2.81. The molecule has 3 rings (SSSR count). The number of alkyl halides is 6. The molecule has 2 heterocycles. The van der Waals surface area contributed by atoms with Gasteiger partial charge in [-0.2, -0.15) is 31.4 Å². The summed E-state index contributed by atoms with van der Waals surface area (Å²) in [5, 5.41) is 13.2. The maximum absolute atomic E-state index is 10.7. The van der Waals surface area contributed by atoms with E-state index < -0.39 is 31.3 Å². The summed E-state index contributed by atoms with van der Waals surface area (Å²) in [5.41, 5.74) is -7.66. The largest absolute Gasteiger partial charge is 2.00 e. The average Bonchev–Trinajstić information content (AvgIpc) is 3.24. The van der Waals surface area contributed by atoms with Crippen LogP contribution < -0.4 is 5.01 Å². The molecule has 0 spiro atoms. The zero-order chi connectivity index (χ0) is 29.9. The fraction of sp³-hybridized carbons (Fsp3) is 0.278. The van der Waals surface area contributed by atoms with Crippen molar-refractivity contribution in [3.8, 4) is 0 Å². The van der Waals surface area contributed by atoms with E-state index in [1.165, 1.54) is 0 Å². The summed E-state index contributed by atoms with van der Waals surface area (Å²) < 4.78 is 118. The number of halogens is 6. The fourth-order valence-corrected chi connectivity index (χ4v) is 1.99. The second-order valence-corrected chi connectivity index (χ2v) is 9.04. The molecular formula is C18H19CuF6N5O7S2. The molecule has 12 nitrogen and oxygen atoms in total. The predicted molar refractivity (Wildman–Crippen MR) is 121 cm³/mol. The number of nitrogens with zero attached hydrogens (tertiary/aromatic N) is 4. The molecular weight excluding hydrogens is 640 g/mol. The third kappa shape index (κ3) is 13.2. The number of benzene rings is 1. The number of aromatic nitrogens is 3. The molecule has 2 aromatic heterocycles. The van der Waals surface area contributed by atoms with E-state index in [0.29, 0.717) is 5.95 Å². The van der Waals surface area contributed by atoms with E-state index in [1.54, 1.807) is 11.2 Å². The van der Waals surface area contributed by atoms with Crippen LogP contribution in [0.3, 0.4) is 0 Å². The van der Waals surface area contributed by atoms with E-state index >= 15 is 0 Å². The van der Waals surface area contributed by atoms with Crippen molar-refractivity contribution in [2.75, 3.05) is 19.2 Å². The van der Waals surface area contributed by atoms with Gasteiger partial charge in [-0.05, 0) is 31.2 Å². The number of aliphatic hydroxyl groups is 1. The van der Waals surface area contributed by atoms with Crippen molar-refractivity contribution in [1.82, 2.24) is 15.0 Å². The van der Waals surface area contributed by atoms with Crippen LogP contribution in [0.15, 0.2) is 53.8 Å². The van der Waals surface area contributed by atoms with Crippen LogP contribution in [0.25, 0.3) is 11.0 Å². The molecule has 2 N–H and O–H groups in total. The molecule has 0 fully saturated rings. The molecule has 0 atom stereocenters. The van der Waals surface area contributed by atoms with Crippen LogP contribution in [0.4, 0.5) is 32.3 Å². The molecule has 1 radical (unpaired) electrons. The molecule has 223 valence electrons. The number of nitrogens with one attached hydrogen (secondary N) is 1. The number of anilines is 1. The fourth-order valence-electron chi connectivity index (χ4n) is 1.99. The molecule has 0 aliphatic rings. The first-order chi connectivity index (χ1) is 17.2. The number of para-hydroxylation sites is 2. The van der Waals surface area contributed by atoms with E-state index in [9.17, 15) is 26.3 Å². The number of rotatable bonds is 3. The Morgan fingerprint density at radius 3 is 1.74 bits per heavy atom. The average molecular weight is 659 g/mol. The Morgan fingerprint density at radius 1 is 0.923 bits per heavy atom. The number of aromatic amines is 1. The van der Waals surface area contributed by atoms with Gasteiger partial charge in [-0.25, -0.2) is 26.8 Å². The summed E-state index contributed by atoms with van der Waals surface area (Å²) in [6, 6.07) is 13.7. The number of pyridine rings is 1. The zero-order valence-electron chi connectivity index (χ0n) is 19.7. The monoisotopic (exact) mass is 658 g/mol. The molecule has 3 aromatic rings. The zero-order valence-corrected chi connectivity index (χ0v) is 22.3. The van der Waals surface area contributed by atoms with Crippen molar-refractivity contribution in [2.45, 2.75) is 17.9 Å². The number of H-pyrrole nitrogens is 1. The van der Waals surface area contributed by atoms with Crippen LogP contribution >= 0.6 is 0 Å². The molecule has 0 amide bonds. The van der Waals surface area contributed by atoms with Crippen LogP contribution in [0.1, 0.15) is 12.6 Å². The van der Waals surface area contributed by atoms with Crippen LogP contribution in [-0.4, -0.2) is 76.9 Å². The van der Waals surface area contributed by atoms with Crippen LogP contribution in [0.2, 0.25) is 0 Å². The maximum Gasteiger partial charge on any atom is 2.00 e. The molecule has 0 aliphatic carbocycles. The Kier molecular flexibility index (Phi) is 15.4. The Balaban J connectivity index is 0. The molecule has 0 unspecified atom stereocenters. The van der Waals surface area contributed by atoms with E-state index in [1.807, 2.05) is 56.4 Å². The molecule has 1 aromatic carbocycles. The molecule has 0 aliphatic heterocycles. The number of fused-ring (bicyclic) bond motifs is 1. The van der Waals surface area contributed by atoms with Crippen molar-refractivity contribution in [2.24, 2.45) is 5.10 Å². The van der Waals surface area contributed by atoms with Gasteiger partial charge in [-0.15, -0.1) is 0 Å². The minimum atomic E-state index is -6.09. The minimum Gasteiger partial charge on any atom is -0.741 e. The van der Waals surface area contributed by atoms with Gasteiger partial charge in [0, 0.05) is 20.4 Å². The first-order valence-electron chi connectivity index (χ1n) is 9.38. The van der Waals surface area contributed by atoms with Crippen molar-refractivity contribution < 1.29 is 74.5 Å². The molecule has 0 saturated carbocycles. The summed E-state index contributed by atoms with van der Waals surface area (Å²) in [7, 11) is -9.32. The smallest absolute Gasteiger partial charge is 0.741 e. The molecule has 21 heteroatoms. The standard InChI is InChI=1S/C15H15N5.2CHF3O3S.CH4O.Cu/c1-11(12-7-5-6-10-16-12)19-20(2)15-17-13-8-3-4-9-14(13)18-15;2*2-1(3,4)8(5,6)7;1-2;/h3-10H,1-2H3,(H,17,18);2*(H,5,6,7);2H,1H3;/q;;;;+2/p-2/b19-11+;;;;. The minimum absolute atomic E-state index is 0. The van der Waals surface area contributed by atoms with Gasteiger partial charge in [0.1, 0.15) is 0 Å². The maximum atomic E-state index is 10.7. The SMILES string of the molecule is C/C(=N\N(C)c1nc2ccccc2[nH]1)c1ccccn1.CO.O=S(=O)([O-])C(F)(F)F.O=S(=O)([O-])C(F)(F)F.[Cu+2]. The van der Waals surface area contributed by atoms with Gasteiger partial charge in [0.25, 0.3) is 0 Å². The summed E-state index contributed by atoms with van der Waals surface area (Å²) in [6.45, 7) is 1.93. The van der Waals surface area contributed by atoms with Crippen molar-refractivity contribution in [1.29, 1.82) is 0 Å². The van der Waals surface area contributed by atoms with Gasteiger partial charge in [0.2, 0.25) is 5.95 Å². The van der Waals surface area contributed by atoms with Crippen molar-refractivity contribution >= 4 is 42.9 Å². The number of hydrazone groups is 1. The first-order valence-corrected chi connectivity index (χ1v) is 12.2. The molecule has 39 heavy (non-hydrogen) atoms. The third-order valence-electron chi connectivity index (χ3n) is 3.59. The first kappa shape index (κ1) is 38.3. The second kappa shape index (κ2) is 15.7. The van der Waals surface area contributed by atoms with Gasteiger partial charge in [-0.3, -0.25) is 4.98 Å². The Morgan fingerprint density at radius 2 is 1.36 bits per heavy atom. The van der Waals surface area contributed by atoms with E-state index in [0.717, 1.165) is 29.5 Å². The van der Waals surface area contributed by atoms with E-state index in [-0.39, 0.29) is 17.1 Å². The van der Waals surface area contributed by atoms with Gasteiger partial charge in [0.15, 0.2) is 20.2 Å². The predicted octanol–water partition coefficient (Wildman–Crippen LogP) is 2.53. The Labute approximate surface area is 228 Å². The molecule has 0 saturated heterocycles. The molecule has 0 bridgehead atoms.